The minimum atomic E-state index is -4.73. The van der Waals surface area contributed by atoms with Crippen molar-refractivity contribution in [3.63, 3.8) is 0 Å². The summed E-state index contributed by atoms with van der Waals surface area (Å²) in [6, 6.07) is 12.4. The number of hydrogen-bond donors (Lipinski definition) is 2. The Bertz CT molecular complexity index is 840. The molecule has 0 unspecified atom stereocenters. The van der Waals surface area contributed by atoms with Crippen molar-refractivity contribution >= 4 is 41.5 Å². The summed E-state index contributed by atoms with van der Waals surface area (Å²) in [5, 5.41) is 2.79. The van der Waals surface area contributed by atoms with Crippen LogP contribution in [0.5, 0.6) is 5.75 Å². The molecule has 0 aliphatic rings. The molecular weight excluding hydrogens is 500 g/mol. The van der Waals surface area contributed by atoms with Crippen LogP contribution in [0, 0.1) is 0 Å². The van der Waals surface area contributed by atoms with Crippen molar-refractivity contribution in [2.45, 2.75) is 12.8 Å². The summed E-state index contributed by atoms with van der Waals surface area (Å²) < 4.78 is 40.2. The smallest absolute Gasteiger partial charge is 0.406 e. The lowest BCUT2D eigenvalue weighted by molar-refractivity contribution is -0.274. The summed E-state index contributed by atoms with van der Waals surface area (Å²) in [7, 11) is 3.38. The summed E-state index contributed by atoms with van der Waals surface area (Å²) in [5.74, 6) is -0.268. The van der Waals surface area contributed by atoms with Gasteiger partial charge in [-0.05, 0) is 48.4 Å². The average molecular weight is 522 g/mol. The third-order valence-corrected chi connectivity index (χ3v) is 3.62. The van der Waals surface area contributed by atoms with E-state index >= 15 is 0 Å². The lowest BCUT2D eigenvalue weighted by atomic mass is 10.1. The van der Waals surface area contributed by atoms with Crippen LogP contribution in [0.4, 0.5) is 18.9 Å². The monoisotopic (exact) mass is 522 g/mol. The number of nitrogens with two attached hydrogens (primary N) is 1. The molecule has 0 aliphatic carbocycles. The fourth-order valence-corrected chi connectivity index (χ4v) is 2.35. The number of nitrogens with zero attached hydrogens (tertiary/aromatic N) is 2. The SMILES string of the molecule is CN(C)C(=O)c1cccc(CCN=C(N)Nc2ccc(OC(F)(F)F)cc2)c1.I. The first-order chi connectivity index (χ1) is 13.1. The number of aliphatic imine (C=N–C) groups is 1. The van der Waals surface area contributed by atoms with Crippen molar-refractivity contribution in [2.75, 3.05) is 26.0 Å². The Labute approximate surface area is 184 Å². The summed E-state index contributed by atoms with van der Waals surface area (Å²) in [6.07, 6.45) is -4.15. The number of nitrogens with one attached hydrogen (secondary N) is 1. The molecule has 6 nitrogen and oxygen atoms in total. The van der Waals surface area contributed by atoms with Crippen LogP contribution in [0.15, 0.2) is 53.5 Å². The van der Waals surface area contributed by atoms with Gasteiger partial charge in [0.05, 0.1) is 0 Å². The number of rotatable bonds is 6. The fraction of sp³-hybridized carbons (Fsp3) is 0.263. The van der Waals surface area contributed by atoms with Crippen molar-refractivity contribution in [1.29, 1.82) is 0 Å². The first-order valence-electron chi connectivity index (χ1n) is 8.37. The lowest BCUT2D eigenvalue weighted by Crippen LogP contribution is -2.23. The van der Waals surface area contributed by atoms with Gasteiger partial charge in [-0.25, -0.2) is 0 Å². The maximum atomic E-state index is 12.1. The molecule has 2 aromatic carbocycles. The highest BCUT2D eigenvalue weighted by Crippen LogP contribution is 2.23. The van der Waals surface area contributed by atoms with Crippen molar-refractivity contribution < 1.29 is 22.7 Å². The first-order valence-corrected chi connectivity index (χ1v) is 8.37. The van der Waals surface area contributed by atoms with Crippen LogP contribution in [0.2, 0.25) is 0 Å². The molecule has 158 valence electrons. The van der Waals surface area contributed by atoms with E-state index in [9.17, 15) is 18.0 Å². The zero-order chi connectivity index (χ0) is 20.7. The van der Waals surface area contributed by atoms with E-state index in [1.807, 2.05) is 12.1 Å². The Balaban J connectivity index is 0.00000420. The molecule has 0 saturated heterocycles. The standard InChI is InChI=1S/C19H21F3N4O2.HI/c1-26(2)17(27)14-5-3-4-13(12-14)10-11-24-18(23)25-15-6-8-16(9-7-15)28-19(20,21)22;/h3-9,12H,10-11H2,1-2H3,(H3,23,24,25);1H. The van der Waals surface area contributed by atoms with Gasteiger partial charge in [-0.15, -0.1) is 37.1 Å². The molecule has 29 heavy (non-hydrogen) atoms. The van der Waals surface area contributed by atoms with Crippen LogP contribution in [-0.2, 0) is 6.42 Å². The van der Waals surface area contributed by atoms with Gasteiger partial charge in [0.1, 0.15) is 5.75 Å². The van der Waals surface area contributed by atoms with Crippen molar-refractivity contribution in [3.8, 4) is 5.75 Å². The number of alkyl halides is 3. The van der Waals surface area contributed by atoms with Crippen LogP contribution in [0.3, 0.4) is 0 Å². The Morgan fingerprint density at radius 1 is 1.17 bits per heavy atom. The highest BCUT2D eigenvalue weighted by molar-refractivity contribution is 14.0. The number of amides is 1. The van der Waals surface area contributed by atoms with Gasteiger partial charge in [-0.1, -0.05) is 12.1 Å². The molecule has 0 fully saturated rings. The normalized spacial score (nSPS) is 11.4. The van der Waals surface area contributed by atoms with Gasteiger partial charge in [-0.2, -0.15) is 0 Å². The highest BCUT2D eigenvalue weighted by atomic mass is 127. The minimum absolute atomic E-state index is 0. The number of carbonyl (C=O) groups excluding carboxylic acids is 1. The van der Waals surface area contributed by atoms with Crippen LogP contribution < -0.4 is 15.8 Å². The van der Waals surface area contributed by atoms with E-state index in [4.69, 9.17) is 5.73 Å². The number of halogens is 4. The van der Waals surface area contributed by atoms with Gasteiger partial charge in [0.15, 0.2) is 5.96 Å². The van der Waals surface area contributed by atoms with Crippen molar-refractivity contribution in [1.82, 2.24) is 4.90 Å². The fourth-order valence-electron chi connectivity index (χ4n) is 2.35. The number of carbonyl (C=O) groups is 1. The Morgan fingerprint density at radius 2 is 1.83 bits per heavy atom. The van der Waals surface area contributed by atoms with E-state index in [0.717, 1.165) is 5.56 Å². The largest absolute Gasteiger partial charge is 0.573 e. The third-order valence-electron chi connectivity index (χ3n) is 3.62. The van der Waals surface area contributed by atoms with Crippen LogP contribution in [0.25, 0.3) is 0 Å². The predicted octanol–water partition coefficient (Wildman–Crippen LogP) is 3.87. The molecule has 0 aliphatic heterocycles. The quantitative estimate of drug-likeness (QED) is 0.343. The zero-order valence-corrected chi connectivity index (χ0v) is 18.2. The van der Waals surface area contributed by atoms with Crippen molar-refractivity contribution in [2.24, 2.45) is 10.7 Å². The molecule has 10 heteroatoms. The van der Waals surface area contributed by atoms with Gasteiger partial charge in [0, 0.05) is 31.9 Å². The van der Waals surface area contributed by atoms with Gasteiger partial charge >= 0.3 is 6.36 Å². The second-order valence-electron chi connectivity index (χ2n) is 6.11. The molecule has 3 N–H and O–H groups in total. The number of hydrogen-bond acceptors (Lipinski definition) is 3. The van der Waals surface area contributed by atoms with Gasteiger partial charge in [0.2, 0.25) is 0 Å². The van der Waals surface area contributed by atoms with E-state index in [0.29, 0.717) is 24.2 Å². The van der Waals surface area contributed by atoms with Crippen LogP contribution in [0.1, 0.15) is 15.9 Å². The third kappa shape index (κ3) is 8.59. The topological polar surface area (TPSA) is 80.0 Å². The van der Waals surface area contributed by atoms with Gasteiger partial charge in [0.25, 0.3) is 5.91 Å². The number of benzene rings is 2. The second-order valence-corrected chi connectivity index (χ2v) is 6.11. The minimum Gasteiger partial charge on any atom is -0.406 e. The van der Waals surface area contributed by atoms with E-state index in [1.165, 1.54) is 29.2 Å². The maximum Gasteiger partial charge on any atom is 0.573 e. The molecule has 0 aromatic heterocycles. The molecule has 0 atom stereocenters. The summed E-state index contributed by atoms with van der Waals surface area (Å²) in [4.78, 5) is 17.7. The van der Waals surface area contributed by atoms with Gasteiger partial charge < -0.3 is 20.7 Å². The molecule has 0 bridgehead atoms. The molecule has 2 aromatic rings. The van der Waals surface area contributed by atoms with Gasteiger partial charge in [-0.3, -0.25) is 9.79 Å². The molecule has 0 saturated carbocycles. The summed E-state index contributed by atoms with van der Waals surface area (Å²) in [6.45, 7) is 0.383. The number of anilines is 1. The average Bonchev–Trinajstić information content (AvgIpc) is 2.61. The first kappa shape index (κ1) is 24.5. The van der Waals surface area contributed by atoms with E-state index < -0.39 is 6.36 Å². The molecule has 0 heterocycles. The Morgan fingerprint density at radius 3 is 2.41 bits per heavy atom. The van der Waals surface area contributed by atoms with Crippen LogP contribution in [-0.4, -0.2) is 43.8 Å². The molecule has 1 amide bonds. The zero-order valence-electron chi connectivity index (χ0n) is 15.9. The van der Waals surface area contributed by atoms with E-state index in [2.05, 4.69) is 15.0 Å². The maximum absolute atomic E-state index is 12.1. The summed E-state index contributed by atoms with van der Waals surface area (Å²) in [5.41, 5.74) is 7.81. The lowest BCUT2D eigenvalue weighted by Gasteiger charge is -2.11. The number of guanidine groups is 1. The molecular formula is C19H22F3IN4O2. The number of ether oxygens (including phenoxy) is 1. The van der Waals surface area contributed by atoms with Crippen LogP contribution >= 0.6 is 24.0 Å². The van der Waals surface area contributed by atoms with E-state index in [1.54, 1.807) is 26.2 Å². The second kappa shape index (κ2) is 10.9. The molecule has 0 radical (unpaired) electrons. The van der Waals surface area contributed by atoms with E-state index in [-0.39, 0.29) is 41.6 Å². The predicted molar refractivity (Wildman–Crippen MR) is 117 cm³/mol. The molecule has 0 spiro atoms. The Hall–Kier alpha value is -2.50. The molecule has 2 rings (SSSR count). The highest BCUT2D eigenvalue weighted by Gasteiger charge is 2.30. The van der Waals surface area contributed by atoms with Crippen molar-refractivity contribution in [3.05, 3.63) is 59.7 Å². The Kier molecular flexibility index (Phi) is 9.21. The summed E-state index contributed by atoms with van der Waals surface area (Å²) >= 11 is 0.